The van der Waals surface area contributed by atoms with Gasteiger partial charge in [0.2, 0.25) is 0 Å². The summed E-state index contributed by atoms with van der Waals surface area (Å²) in [5.41, 5.74) is 9.04. The molecule has 0 saturated carbocycles. The molecule has 4 unspecified atom stereocenters. The first kappa shape index (κ1) is 107. The topological polar surface area (TPSA) is 389 Å². The Morgan fingerprint density at radius 3 is 0.965 bits per heavy atom. The van der Waals surface area contributed by atoms with Crippen LogP contribution in [0.15, 0.2) is 215 Å². The van der Waals surface area contributed by atoms with E-state index in [9.17, 15) is 67.9 Å². The number of nitrogens with one attached hydrogen (secondary N) is 6. The average molecular weight is 2030 g/mol. The highest BCUT2D eigenvalue weighted by Crippen LogP contribution is 2.39. The number of sulfonamides is 2. The fraction of sp³-hybridized carbons (Fsp3) is 0.352. The van der Waals surface area contributed by atoms with Gasteiger partial charge in [-0.15, -0.1) is 45.3 Å². The molecule has 10 N–H and O–H groups in total. The Kier molecular flexibility index (Phi) is 40.0. The number of ether oxygens (including phenoxy) is 2. The van der Waals surface area contributed by atoms with E-state index in [1.165, 1.54) is 79.1 Å². The van der Waals surface area contributed by atoms with Crippen LogP contribution in [-0.4, -0.2) is 265 Å². The quantitative estimate of drug-likeness (QED) is 0.0129. The standard InChI is InChI=1S/C28H32N4O3S.C27H32N4O4S2.C27H30N4O2S.C26H30N4O3S2/c1-2-25(33)19-31-28(34)23(18-29)17-26-7-8-27(36-26)22-4-3-21-16-24(6-5-20(21)15-22)30-9-10-32-11-13-35-14-12-32;1-2-24(32)19-30-37(33,34)26(18-28)17-25-7-8-27(36-25)22-4-3-21-16-23(6-5-20(21)15-22)29-9-10-31-11-13-35-14-12-31;1-3-24(32)18-29-27(33)22(17-28)16-25-8-9-26(34-25)21-5-4-20-15-23(7-6-19(20)14-21)31-12-10-30(2)11-13-31;1-3-23(31)18-28-35(32,33)25(17-27)16-24-8-9-26(34-24)21-5-4-20-15-22(7-6-19(20)14-21)30-12-10-29(2)11-13-30/h3-8,15-17,25,30,33H,2,9-14,19H2,1H3,(H,31,34);3-8,15-17,24,29-30,32H,2,9-14,19H2,1H3;4-9,14-16,24,32H,3,10-13,18H2,1-2H3,(H,29,33);4-9,14-16,23,28,31H,3,10-13,18H2,1-2H3/b23-17+;26-17+;22-16+;25-16+. The largest absolute Gasteiger partial charge is 0.392 e. The Labute approximate surface area is 848 Å². The van der Waals surface area contributed by atoms with Crippen LogP contribution in [0.3, 0.4) is 0 Å². The molecule has 8 heterocycles. The fourth-order valence-electron chi connectivity index (χ4n) is 16.0. The summed E-state index contributed by atoms with van der Waals surface area (Å²) in [5.74, 6) is -0.938. The van der Waals surface area contributed by atoms with Crippen molar-refractivity contribution >= 4 is 167 Å². The van der Waals surface area contributed by atoms with Crippen molar-refractivity contribution in [3.05, 3.63) is 235 Å². The summed E-state index contributed by atoms with van der Waals surface area (Å²) in [6, 6.07) is 74.2. The SMILES string of the molecule is CCC(O)CNC(=O)/C(C#N)=C/c1ccc(-c2ccc3cc(N4CCN(C)CC4)ccc3c2)s1.CCC(O)CNC(=O)/C(C#N)=C/c1ccc(-c2ccc3cc(NCCN4CCOCC4)ccc3c2)s1.CCC(O)CNS(=O)(=O)/C(C#N)=C/c1ccc(-c2ccc3cc(N4CCN(C)CC4)ccc3c2)s1.CCC(O)CNS(=O)(=O)/C(C#N)=C/c1ccc(-c2ccc3cc(NCCN4CCOCC4)ccc3c2)s1. The number of carbonyl (C=O) groups is 2. The number of hydrogen-bond acceptors (Lipinski definition) is 28. The maximum atomic E-state index is 12.5. The molecular weight excluding hydrogens is 1910 g/mol. The van der Waals surface area contributed by atoms with E-state index in [1.807, 2.05) is 68.5 Å². The molecule has 4 aliphatic rings. The molecule has 16 rings (SSSR count). The number of carbonyl (C=O) groups excluding carboxylic acids is 2. The molecule has 8 aromatic carbocycles. The molecule has 2 amide bonds. The zero-order chi connectivity index (χ0) is 101. The monoisotopic (exact) mass is 2030 g/mol. The van der Waals surface area contributed by atoms with E-state index in [0.717, 1.165) is 216 Å². The first-order valence-electron chi connectivity index (χ1n) is 47.9. The van der Waals surface area contributed by atoms with Crippen LogP contribution in [-0.2, 0) is 39.1 Å². The number of piperazine rings is 2. The molecule has 0 radical (unpaired) electrons. The summed E-state index contributed by atoms with van der Waals surface area (Å²) in [6.07, 6.45) is 5.06. The molecule has 34 heteroatoms. The molecule has 4 aliphatic heterocycles. The van der Waals surface area contributed by atoms with Crippen molar-refractivity contribution in [2.45, 2.75) is 77.8 Å². The van der Waals surface area contributed by atoms with Gasteiger partial charge in [-0.25, -0.2) is 26.3 Å². The smallest absolute Gasteiger partial charge is 0.262 e. The van der Waals surface area contributed by atoms with Crippen LogP contribution in [0.4, 0.5) is 22.7 Å². The van der Waals surface area contributed by atoms with Crippen molar-refractivity contribution in [2.75, 3.05) is 192 Å². The van der Waals surface area contributed by atoms with E-state index in [2.05, 4.69) is 220 Å². The number of aliphatic hydroxyl groups excluding tert-OH is 4. The van der Waals surface area contributed by atoms with E-state index < -0.39 is 56.3 Å². The van der Waals surface area contributed by atoms with Crippen molar-refractivity contribution in [3.8, 4) is 66.0 Å². The maximum absolute atomic E-state index is 12.5. The van der Waals surface area contributed by atoms with Gasteiger partial charge < -0.3 is 70.8 Å². The highest BCUT2D eigenvalue weighted by molar-refractivity contribution is 7.94. The van der Waals surface area contributed by atoms with E-state index in [4.69, 9.17) is 9.47 Å². The molecule has 4 atom stereocenters. The van der Waals surface area contributed by atoms with Gasteiger partial charge in [-0.3, -0.25) is 19.4 Å². The van der Waals surface area contributed by atoms with Crippen LogP contribution in [0, 0.1) is 45.3 Å². The Morgan fingerprint density at radius 2 is 0.655 bits per heavy atom. The molecule has 142 heavy (non-hydrogen) atoms. The summed E-state index contributed by atoms with van der Waals surface area (Å²) < 4.78 is 65.2. The molecule has 744 valence electrons. The van der Waals surface area contributed by atoms with Gasteiger partial charge in [0.25, 0.3) is 31.9 Å². The second-order valence-corrected chi connectivity index (χ2v) is 43.1. The number of anilines is 4. The summed E-state index contributed by atoms with van der Waals surface area (Å²) in [4.78, 5) is 45.3. The highest BCUT2D eigenvalue weighted by Gasteiger charge is 2.25. The number of thiophene rings is 4. The van der Waals surface area contributed by atoms with Gasteiger partial charge in [-0.2, -0.15) is 21.0 Å². The summed E-state index contributed by atoms with van der Waals surface area (Å²) in [7, 11) is -3.66. The van der Waals surface area contributed by atoms with Gasteiger partial charge in [0, 0.05) is 193 Å². The molecular formula is C108H124N16O12S6. The van der Waals surface area contributed by atoms with Crippen molar-refractivity contribution < 1.29 is 56.3 Å². The molecule has 4 aromatic heterocycles. The van der Waals surface area contributed by atoms with Crippen LogP contribution in [0.5, 0.6) is 0 Å². The minimum absolute atomic E-state index is 0.0267. The third-order valence-electron chi connectivity index (χ3n) is 25.0. The number of rotatable bonds is 36. The van der Waals surface area contributed by atoms with Crippen molar-refractivity contribution in [1.82, 2.24) is 39.7 Å². The number of fused-ring (bicyclic) bond motifs is 4. The van der Waals surface area contributed by atoms with E-state index >= 15 is 0 Å². The third kappa shape index (κ3) is 31.1. The number of allylic oxidation sites excluding steroid dienone is 2. The second-order valence-electron chi connectivity index (χ2n) is 35.1. The second kappa shape index (κ2) is 52.9. The Balaban J connectivity index is 0.000000159. The minimum atomic E-state index is -3.99. The van der Waals surface area contributed by atoms with Crippen LogP contribution in [0.1, 0.15) is 72.9 Å². The maximum Gasteiger partial charge on any atom is 0.262 e. The summed E-state index contributed by atoms with van der Waals surface area (Å²) in [5, 5.41) is 97.7. The van der Waals surface area contributed by atoms with Gasteiger partial charge in [-0.05, 0) is 251 Å². The average Bonchev–Trinajstić information content (AvgIpc) is 0.808. The lowest BCUT2D eigenvalue weighted by molar-refractivity contribution is -0.118. The number of nitrogens with zero attached hydrogens (tertiary/aromatic N) is 10. The van der Waals surface area contributed by atoms with Crippen LogP contribution in [0.2, 0.25) is 0 Å². The molecule has 4 fully saturated rings. The molecule has 0 aliphatic carbocycles. The highest BCUT2D eigenvalue weighted by atomic mass is 32.2. The zero-order valence-electron chi connectivity index (χ0n) is 80.9. The van der Waals surface area contributed by atoms with Gasteiger partial charge >= 0.3 is 0 Å². The van der Waals surface area contributed by atoms with Gasteiger partial charge in [0.1, 0.15) is 35.4 Å². The normalized spacial score (nSPS) is 15.9. The molecule has 4 saturated heterocycles. The zero-order valence-corrected chi connectivity index (χ0v) is 85.8. The van der Waals surface area contributed by atoms with Crippen LogP contribution >= 0.6 is 45.3 Å². The molecule has 0 bridgehead atoms. The predicted molar refractivity (Wildman–Crippen MR) is 579 cm³/mol. The van der Waals surface area contributed by atoms with Gasteiger partial charge in [0.05, 0.1) is 50.8 Å². The lowest BCUT2D eigenvalue weighted by atomic mass is 10.0. The number of morpholine rings is 2. The van der Waals surface area contributed by atoms with Crippen molar-refractivity contribution in [1.29, 1.82) is 21.0 Å². The van der Waals surface area contributed by atoms with Gasteiger partial charge in [0.15, 0.2) is 9.81 Å². The van der Waals surface area contributed by atoms with Crippen LogP contribution < -0.4 is 40.5 Å². The first-order chi connectivity index (χ1) is 68.7. The van der Waals surface area contributed by atoms with Gasteiger partial charge in [-0.1, -0.05) is 100 Å². The van der Waals surface area contributed by atoms with E-state index in [-0.39, 0.29) is 47.1 Å². The Morgan fingerprint density at radius 1 is 0.366 bits per heavy atom. The first-order valence-corrected chi connectivity index (χ1v) is 54.2. The van der Waals surface area contributed by atoms with Crippen molar-refractivity contribution in [3.63, 3.8) is 0 Å². The Bertz CT molecular complexity index is 6880. The molecule has 28 nitrogen and oxygen atoms in total. The number of likely N-dealkylation sites (N-methyl/N-ethyl adjacent to an activating group) is 2. The number of aliphatic hydroxyl groups is 4. The fourth-order valence-corrected chi connectivity index (χ4v) is 21.8. The molecule has 12 aromatic rings. The third-order valence-corrected chi connectivity index (χ3v) is 32.0. The number of benzene rings is 8. The van der Waals surface area contributed by atoms with Crippen LogP contribution in [0.25, 0.3) is 109 Å². The number of amides is 2. The molecule has 0 spiro atoms. The number of nitriles is 4. The predicted octanol–water partition coefficient (Wildman–Crippen LogP) is 16.0. The van der Waals surface area contributed by atoms with E-state index in [0.29, 0.717) is 35.4 Å². The summed E-state index contributed by atoms with van der Waals surface area (Å²) in [6.45, 7) is 26.6. The minimum Gasteiger partial charge on any atom is -0.392 e. The Hall–Kier alpha value is -11.9. The van der Waals surface area contributed by atoms with Crippen molar-refractivity contribution in [2.24, 2.45) is 0 Å². The van der Waals surface area contributed by atoms with E-state index in [1.54, 1.807) is 55.5 Å². The summed E-state index contributed by atoms with van der Waals surface area (Å²) >= 11 is 5.91. The lowest BCUT2D eigenvalue weighted by Gasteiger charge is -2.34. The lowest BCUT2D eigenvalue weighted by Crippen LogP contribution is -2.44. The number of hydrogen-bond donors (Lipinski definition) is 10.